The number of nitrogens with zero attached hydrogens (tertiary/aromatic N) is 1. The molecule has 170 valence electrons. The van der Waals surface area contributed by atoms with E-state index in [1.807, 2.05) is 13.8 Å². The first kappa shape index (κ1) is 22.4. The van der Waals surface area contributed by atoms with Crippen molar-refractivity contribution in [3.8, 4) is 5.75 Å². The number of aryl methyl sites for hydroxylation is 1. The van der Waals surface area contributed by atoms with Crippen LogP contribution in [0, 0.1) is 13.8 Å². The molecule has 9 heteroatoms. The molecule has 1 saturated heterocycles. The Bertz CT molecular complexity index is 1040. The fourth-order valence-electron chi connectivity index (χ4n) is 3.87. The smallest absolute Gasteiger partial charge is 0.387 e. The van der Waals surface area contributed by atoms with Gasteiger partial charge in [-0.1, -0.05) is 12.1 Å². The van der Waals surface area contributed by atoms with Crippen molar-refractivity contribution < 1.29 is 27.5 Å². The van der Waals surface area contributed by atoms with Crippen LogP contribution < -0.4 is 10.1 Å². The van der Waals surface area contributed by atoms with Crippen LogP contribution in [-0.4, -0.2) is 43.7 Å². The third-order valence-corrected chi connectivity index (χ3v) is 6.65. The lowest BCUT2D eigenvalue weighted by molar-refractivity contribution is -0.0498. The second kappa shape index (κ2) is 9.81. The standard InChI is InChI=1S/C23H24F2N2O4S/c1-14-15(2)32-22(26-21(28)18-4-3-11-30-18)19(14)20(27-9-12-29-13-10-27)16-5-7-17(8-6-16)31-23(24)25/h3-8,11,20,23H,9-10,12-13H2,1-2H3,(H,26,28)/t20-/m1/s1. The minimum Gasteiger partial charge on any atom is -0.459 e. The molecule has 1 fully saturated rings. The number of hydrogen-bond donors (Lipinski definition) is 1. The third kappa shape index (κ3) is 4.85. The lowest BCUT2D eigenvalue weighted by atomic mass is 9.94. The summed E-state index contributed by atoms with van der Waals surface area (Å²) < 4.78 is 40.5. The molecule has 2 aromatic heterocycles. The van der Waals surface area contributed by atoms with Gasteiger partial charge in [-0.15, -0.1) is 11.3 Å². The van der Waals surface area contributed by atoms with Gasteiger partial charge >= 0.3 is 6.61 Å². The number of rotatable bonds is 7. The van der Waals surface area contributed by atoms with Gasteiger partial charge in [0.25, 0.3) is 5.91 Å². The predicted molar refractivity (Wildman–Crippen MR) is 118 cm³/mol. The number of alkyl halides is 2. The number of hydrogen-bond acceptors (Lipinski definition) is 6. The van der Waals surface area contributed by atoms with Gasteiger partial charge in [-0.05, 0) is 49.2 Å². The van der Waals surface area contributed by atoms with Crippen LogP contribution >= 0.6 is 11.3 Å². The third-order valence-electron chi connectivity index (χ3n) is 5.51. The minimum absolute atomic E-state index is 0.106. The van der Waals surface area contributed by atoms with Crippen molar-refractivity contribution in [1.82, 2.24) is 4.90 Å². The highest BCUT2D eigenvalue weighted by Crippen LogP contribution is 2.43. The van der Waals surface area contributed by atoms with Crippen LogP contribution in [0.1, 0.15) is 38.2 Å². The van der Waals surface area contributed by atoms with Gasteiger partial charge in [0.1, 0.15) is 10.8 Å². The van der Waals surface area contributed by atoms with Crippen LogP contribution in [0.2, 0.25) is 0 Å². The molecular formula is C23H24F2N2O4S. The highest BCUT2D eigenvalue weighted by Gasteiger charge is 2.30. The van der Waals surface area contributed by atoms with E-state index in [0.717, 1.165) is 26.6 Å². The summed E-state index contributed by atoms with van der Waals surface area (Å²) in [5.41, 5.74) is 2.98. The van der Waals surface area contributed by atoms with Gasteiger partial charge in [-0.2, -0.15) is 8.78 Å². The number of anilines is 1. The zero-order chi connectivity index (χ0) is 22.7. The number of thiophene rings is 1. The number of ether oxygens (including phenoxy) is 2. The molecule has 0 radical (unpaired) electrons. The summed E-state index contributed by atoms with van der Waals surface area (Å²) in [4.78, 5) is 16.1. The Balaban J connectivity index is 1.73. The van der Waals surface area contributed by atoms with Crippen LogP contribution in [0.3, 0.4) is 0 Å². The fraction of sp³-hybridized carbons (Fsp3) is 0.348. The monoisotopic (exact) mass is 462 g/mol. The topological polar surface area (TPSA) is 63.9 Å². The van der Waals surface area contributed by atoms with Crippen LogP contribution in [0.5, 0.6) is 5.75 Å². The molecule has 6 nitrogen and oxygen atoms in total. The Hall–Kier alpha value is -2.75. The molecule has 1 aliphatic heterocycles. The molecular weight excluding hydrogens is 438 g/mol. The van der Waals surface area contributed by atoms with E-state index in [1.165, 1.54) is 17.6 Å². The van der Waals surface area contributed by atoms with Crippen LogP contribution in [0.15, 0.2) is 47.1 Å². The molecule has 1 aliphatic rings. The molecule has 1 amide bonds. The lowest BCUT2D eigenvalue weighted by Gasteiger charge is -2.35. The van der Waals surface area contributed by atoms with Crippen molar-refractivity contribution >= 4 is 22.2 Å². The number of amides is 1. The quantitative estimate of drug-likeness (QED) is 0.521. The molecule has 3 heterocycles. The number of furan rings is 1. The van der Waals surface area contributed by atoms with E-state index in [1.54, 1.807) is 36.4 Å². The first-order valence-corrected chi connectivity index (χ1v) is 11.1. The molecule has 0 aliphatic carbocycles. The Morgan fingerprint density at radius 2 is 1.88 bits per heavy atom. The summed E-state index contributed by atoms with van der Waals surface area (Å²) in [5, 5.41) is 3.75. The second-order valence-electron chi connectivity index (χ2n) is 7.46. The van der Waals surface area contributed by atoms with Crippen LogP contribution in [0.4, 0.5) is 13.8 Å². The Labute approximate surface area is 188 Å². The molecule has 0 unspecified atom stereocenters. The van der Waals surface area contributed by atoms with Crippen molar-refractivity contribution in [2.75, 3.05) is 31.6 Å². The molecule has 32 heavy (non-hydrogen) atoms. The van der Waals surface area contributed by atoms with E-state index in [9.17, 15) is 13.6 Å². The molecule has 4 rings (SSSR count). The van der Waals surface area contributed by atoms with Gasteiger partial charge in [-0.3, -0.25) is 9.69 Å². The molecule has 0 spiro atoms. The first-order chi connectivity index (χ1) is 15.4. The fourth-order valence-corrected chi connectivity index (χ4v) is 4.95. The molecule has 1 N–H and O–H groups in total. The van der Waals surface area contributed by atoms with Gasteiger partial charge in [0.05, 0.1) is 25.5 Å². The average Bonchev–Trinajstić information content (AvgIpc) is 3.40. The van der Waals surface area contributed by atoms with Crippen molar-refractivity contribution in [2.45, 2.75) is 26.5 Å². The number of carbonyl (C=O) groups is 1. The lowest BCUT2D eigenvalue weighted by Crippen LogP contribution is -2.39. The van der Waals surface area contributed by atoms with Crippen molar-refractivity contribution in [1.29, 1.82) is 0 Å². The number of carbonyl (C=O) groups excluding carboxylic acids is 1. The summed E-state index contributed by atoms with van der Waals surface area (Å²) in [6, 6.07) is 9.78. The Morgan fingerprint density at radius 1 is 1.16 bits per heavy atom. The number of benzene rings is 1. The zero-order valence-corrected chi connectivity index (χ0v) is 18.6. The van der Waals surface area contributed by atoms with E-state index in [2.05, 4.69) is 15.0 Å². The van der Waals surface area contributed by atoms with Crippen molar-refractivity contribution in [3.63, 3.8) is 0 Å². The highest BCUT2D eigenvalue weighted by atomic mass is 32.1. The maximum Gasteiger partial charge on any atom is 0.387 e. The van der Waals surface area contributed by atoms with E-state index in [-0.39, 0.29) is 23.5 Å². The largest absolute Gasteiger partial charge is 0.459 e. The van der Waals surface area contributed by atoms with E-state index >= 15 is 0 Å². The number of nitrogens with one attached hydrogen (secondary N) is 1. The Kier molecular flexibility index (Phi) is 6.88. The van der Waals surface area contributed by atoms with Crippen molar-refractivity contribution in [3.05, 3.63) is 70.0 Å². The predicted octanol–water partition coefficient (Wildman–Crippen LogP) is 5.23. The first-order valence-electron chi connectivity index (χ1n) is 10.3. The Morgan fingerprint density at radius 3 is 2.50 bits per heavy atom. The van der Waals surface area contributed by atoms with Crippen LogP contribution in [0.25, 0.3) is 0 Å². The van der Waals surface area contributed by atoms with Gasteiger partial charge < -0.3 is 19.2 Å². The van der Waals surface area contributed by atoms with E-state index < -0.39 is 6.61 Å². The maximum absolute atomic E-state index is 12.7. The summed E-state index contributed by atoms with van der Waals surface area (Å²) in [6.45, 7) is 3.78. The van der Waals surface area contributed by atoms with Gasteiger partial charge in [0.15, 0.2) is 5.76 Å². The summed E-state index contributed by atoms with van der Waals surface area (Å²) in [5.74, 6) is 0.0176. The molecule has 1 atom stereocenters. The number of halogens is 2. The molecule has 3 aromatic rings. The van der Waals surface area contributed by atoms with Gasteiger partial charge in [0, 0.05) is 23.5 Å². The molecule has 0 saturated carbocycles. The average molecular weight is 463 g/mol. The van der Waals surface area contributed by atoms with E-state index in [0.29, 0.717) is 26.3 Å². The van der Waals surface area contributed by atoms with Crippen molar-refractivity contribution in [2.24, 2.45) is 0 Å². The molecule has 1 aromatic carbocycles. The minimum atomic E-state index is -2.87. The SMILES string of the molecule is Cc1sc(NC(=O)c2ccco2)c([C@@H](c2ccc(OC(F)F)cc2)N2CCOCC2)c1C. The summed E-state index contributed by atoms with van der Waals surface area (Å²) in [7, 11) is 0. The summed E-state index contributed by atoms with van der Waals surface area (Å²) in [6.07, 6.45) is 1.46. The van der Waals surface area contributed by atoms with Gasteiger partial charge in [0.2, 0.25) is 0 Å². The maximum atomic E-state index is 12.7. The molecule has 0 bridgehead atoms. The van der Waals surface area contributed by atoms with Crippen LogP contribution in [-0.2, 0) is 4.74 Å². The van der Waals surface area contributed by atoms with E-state index in [4.69, 9.17) is 9.15 Å². The normalized spacial score (nSPS) is 15.7. The van der Waals surface area contributed by atoms with Gasteiger partial charge in [-0.25, -0.2) is 0 Å². The zero-order valence-electron chi connectivity index (χ0n) is 17.8. The summed E-state index contributed by atoms with van der Waals surface area (Å²) >= 11 is 1.51. The highest BCUT2D eigenvalue weighted by molar-refractivity contribution is 7.16. The second-order valence-corrected chi connectivity index (χ2v) is 8.68. The number of morpholine rings is 1.